The summed E-state index contributed by atoms with van der Waals surface area (Å²) in [7, 11) is 0. The number of nitro groups is 2. The van der Waals surface area contributed by atoms with Gasteiger partial charge in [0.05, 0.1) is 22.0 Å². The van der Waals surface area contributed by atoms with Gasteiger partial charge in [0.2, 0.25) is 0 Å². The normalized spacial score (nSPS) is 10.6. The molecule has 10 heteroatoms. The molecule has 0 aliphatic heterocycles. The molecule has 0 fully saturated rings. The first-order valence-corrected chi connectivity index (χ1v) is 7.02. The molecule has 0 saturated heterocycles. The zero-order valence-electron chi connectivity index (χ0n) is 12.6. The highest BCUT2D eigenvalue weighted by Crippen LogP contribution is 2.23. The fourth-order valence-electron chi connectivity index (χ4n) is 2.30. The third-order valence-electron chi connectivity index (χ3n) is 3.46. The van der Waals surface area contributed by atoms with Crippen LogP contribution in [0.3, 0.4) is 0 Å². The summed E-state index contributed by atoms with van der Waals surface area (Å²) in [5, 5.41) is 26.0. The highest BCUT2D eigenvalue weighted by Gasteiger charge is 2.19. The van der Waals surface area contributed by atoms with Gasteiger partial charge in [0.1, 0.15) is 12.1 Å². The van der Waals surface area contributed by atoms with E-state index in [0.717, 1.165) is 6.07 Å². The van der Waals surface area contributed by atoms with Crippen molar-refractivity contribution < 1.29 is 14.2 Å². The average Bonchev–Trinajstić information content (AvgIpc) is 3.05. The lowest BCUT2D eigenvalue weighted by atomic mass is 10.1. The molecule has 126 valence electrons. The van der Waals surface area contributed by atoms with Crippen molar-refractivity contribution in [3.8, 4) is 11.4 Å². The van der Waals surface area contributed by atoms with Crippen LogP contribution in [0.5, 0.6) is 0 Å². The van der Waals surface area contributed by atoms with Gasteiger partial charge >= 0.3 is 0 Å². The first kappa shape index (κ1) is 16.2. The van der Waals surface area contributed by atoms with E-state index in [1.165, 1.54) is 41.3 Å². The lowest BCUT2D eigenvalue weighted by Crippen LogP contribution is -2.06. The second-order valence-corrected chi connectivity index (χ2v) is 5.07. The standard InChI is InChI=1S/C15H10FN5O4/c16-13-5-2-6-14(21(24)25)12(13)8-19-9-17-15(18-19)10-3-1-4-11(7-10)20(22)23/h1-7,9H,8H2. The van der Waals surface area contributed by atoms with E-state index in [9.17, 15) is 24.6 Å². The third kappa shape index (κ3) is 3.32. The zero-order chi connectivity index (χ0) is 18.0. The molecule has 0 bridgehead atoms. The quantitative estimate of drug-likeness (QED) is 0.519. The van der Waals surface area contributed by atoms with E-state index in [4.69, 9.17) is 0 Å². The number of rotatable bonds is 5. The Balaban J connectivity index is 1.92. The van der Waals surface area contributed by atoms with Crippen molar-refractivity contribution in [2.24, 2.45) is 0 Å². The number of nitro benzene ring substituents is 2. The maximum atomic E-state index is 13.9. The fourth-order valence-corrected chi connectivity index (χ4v) is 2.30. The van der Waals surface area contributed by atoms with Crippen LogP contribution in [0.25, 0.3) is 11.4 Å². The molecule has 1 aromatic heterocycles. The molecule has 0 unspecified atom stereocenters. The predicted octanol–water partition coefficient (Wildman–Crippen LogP) is 2.95. The van der Waals surface area contributed by atoms with Gasteiger partial charge in [-0.25, -0.2) is 14.1 Å². The number of nitrogens with zero attached hydrogens (tertiary/aromatic N) is 5. The number of aromatic nitrogens is 3. The van der Waals surface area contributed by atoms with Gasteiger partial charge in [-0.3, -0.25) is 20.2 Å². The molecule has 3 rings (SSSR count). The van der Waals surface area contributed by atoms with Crippen molar-refractivity contribution in [2.45, 2.75) is 6.54 Å². The molecule has 0 atom stereocenters. The molecule has 9 nitrogen and oxygen atoms in total. The molecule has 0 amide bonds. The van der Waals surface area contributed by atoms with Crippen LogP contribution >= 0.6 is 0 Å². The smallest absolute Gasteiger partial charge is 0.258 e. The molecule has 0 aliphatic carbocycles. The SMILES string of the molecule is O=[N+]([O-])c1cccc(-c2ncn(Cc3c(F)cccc3[N+](=O)[O-])n2)c1. The van der Waals surface area contributed by atoms with Gasteiger partial charge in [0.15, 0.2) is 5.82 Å². The Bertz CT molecular complexity index is 972. The van der Waals surface area contributed by atoms with Crippen molar-refractivity contribution in [1.82, 2.24) is 14.8 Å². The molecular formula is C15H10FN5O4. The first-order chi connectivity index (χ1) is 12.0. The summed E-state index contributed by atoms with van der Waals surface area (Å²) in [6, 6.07) is 9.33. The Kier molecular flexibility index (Phi) is 4.16. The van der Waals surface area contributed by atoms with Crippen LogP contribution in [-0.4, -0.2) is 24.6 Å². The van der Waals surface area contributed by atoms with Gasteiger partial charge in [-0.15, -0.1) is 0 Å². The molecule has 0 aliphatic rings. The predicted molar refractivity (Wildman–Crippen MR) is 84.3 cm³/mol. The summed E-state index contributed by atoms with van der Waals surface area (Å²) in [5.74, 6) is -0.524. The van der Waals surface area contributed by atoms with Crippen molar-refractivity contribution in [2.75, 3.05) is 0 Å². The summed E-state index contributed by atoms with van der Waals surface area (Å²) in [6.45, 7) is -0.190. The number of hydrogen-bond donors (Lipinski definition) is 0. The number of non-ortho nitro benzene ring substituents is 1. The Labute approximate surface area is 139 Å². The van der Waals surface area contributed by atoms with E-state index in [2.05, 4.69) is 10.1 Å². The highest BCUT2D eigenvalue weighted by atomic mass is 19.1. The monoisotopic (exact) mass is 343 g/mol. The van der Waals surface area contributed by atoms with Crippen LogP contribution in [0, 0.1) is 26.0 Å². The molecule has 2 aromatic carbocycles. The number of hydrogen-bond acceptors (Lipinski definition) is 6. The maximum absolute atomic E-state index is 13.9. The summed E-state index contributed by atoms with van der Waals surface area (Å²) in [4.78, 5) is 24.7. The van der Waals surface area contributed by atoms with Gasteiger partial charge < -0.3 is 0 Å². The van der Waals surface area contributed by atoms with E-state index in [1.807, 2.05) is 0 Å². The first-order valence-electron chi connectivity index (χ1n) is 7.02. The van der Waals surface area contributed by atoms with Gasteiger partial charge in [-0.05, 0) is 6.07 Å². The van der Waals surface area contributed by atoms with Crippen molar-refractivity contribution >= 4 is 11.4 Å². The van der Waals surface area contributed by atoms with Crippen molar-refractivity contribution in [1.29, 1.82) is 0 Å². The fraction of sp³-hybridized carbons (Fsp3) is 0.0667. The van der Waals surface area contributed by atoms with E-state index in [0.29, 0.717) is 5.56 Å². The van der Waals surface area contributed by atoms with Crippen LogP contribution in [-0.2, 0) is 6.54 Å². The topological polar surface area (TPSA) is 117 Å². The molecule has 0 radical (unpaired) electrons. The third-order valence-corrected chi connectivity index (χ3v) is 3.46. The van der Waals surface area contributed by atoms with E-state index in [1.54, 1.807) is 6.07 Å². The molecular weight excluding hydrogens is 333 g/mol. The highest BCUT2D eigenvalue weighted by molar-refractivity contribution is 5.58. The van der Waals surface area contributed by atoms with Gasteiger partial charge in [0, 0.05) is 23.8 Å². The van der Waals surface area contributed by atoms with Gasteiger partial charge in [0.25, 0.3) is 11.4 Å². The summed E-state index contributed by atoms with van der Waals surface area (Å²) in [6.07, 6.45) is 1.28. The maximum Gasteiger partial charge on any atom is 0.277 e. The Hall–Kier alpha value is -3.69. The minimum absolute atomic E-state index is 0.112. The minimum Gasteiger partial charge on any atom is -0.258 e. The molecule has 1 heterocycles. The van der Waals surface area contributed by atoms with Crippen LogP contribution in [0.15, 0.2) is 48.8 Å². The lowest BCUT2D eigenvalue weighted by Gasteiger charge is -2.04. The minimum atomic E-state index is -0.721. The zero-order valence-corrected chi connectivity index (χ0v) is 12.6. The molecule has 0 saturated carbocycles. The van der Waals surface area contributed by atoms with Crippen molar-refractivity contribution in [3.05, 3.63) is 80.4 Å². The van der Waals surface area contributed by atoms with E-state index >= 15 is 0 Å². The van der Waals surface area contributed by atoms with E-state index in [-0.39, 0.29) is 29.3 Å². The Morgan fingerprint density at radius 1 is 1.08 bits per heavy atom. The Morgan fingerprint density at radius 3 is 2.56 bits per heavy atom. The Morgan fingerprint density at radius 2 is 1.84 bits per heavy atom. The van der Waals surface area contributed by atoms with Gasteiger partial charge in [-0.2, -0.15) is 5.10 Å². The van der Waals surface area contributed by atoms with Crippen LogP contribution < -0.4 is 0 Å². The summed E-state index contributed by atoms with van der Waals surface area (Å²) >= 11 is 0. The number of benzene rings is 2. The van der Waals surface area contributed by atoms with Crippen LogP contribution in [0.1, 0.15) is 5.56 Å². The van der Waals surface area contributed by atoms with Crippen LogP contribution in [0.2, 0.25) is 0 Å². The summed E-state index contributed by atoms with van der Waals surface area (Å²) < 4.78 is 15.2. The van der Waals surface area contributed by atoms with Crippen molar-refractivity contribution in [3.63, 3.8) is 0 Å². The van der Waals surface area contributed by atoms with Gasteiger partial charge in [-0.1, -0.05) is 18.2 Å². The second kappa shape index (κ2) is 6.43. The second-order valence-electron chi connectivity index (χ2n) is 5.07. The molecule has 0 spiro atoms. The van der Waals surface area contributed by atoms with Crippen LogP contribution in [0.4, 0.5) is 15.8 Å². The van der Waals surface area contributed by atoms with E-state index < -0.39 is 15.7 Å². The lowest BCUT2D eigenvalue weighted by molar-refractivity contribution is -0.385. The molecule has 3 aromatic rings. The summed E-state index contributed by atoms with van der Waals surface area (Å²) in [5.41, 5.74) is -0.176. The number of halogens is 1. The molecule has 25 heavy (non-hydrogen) atoms. The largest absolute Gasteiger partial charge is 0.277 e. The average molecular weight is 343 g/mol. The molecule has 0 N–H and O–H groups in total.